The molecule has 0 spiro atoms. The van der Waals surface area contributed by atoms with Gasteiger partial charge in [-0.25, -0.2) is 4.79 Å². The molecule has 3 heterocycles. The van der Waals surface area contributed by atoms with E-state index in [9.17, 15) is 38.7 Å². The van der Waals surface area contributed by atoms with E-state index >= 15 is 9.59 Å². The third-order valence-corrected chi connectivity index (χ3v) is 13.9. The predicted octanol–water partition coefficient (Wildman–Crippen LogP) is -1.05. The molecule has 0 radical (unpaired) electrons. The maximum Gasteiger partial charge on any atom is 0.326 e. The van der Waals surface area contributed by atoms with Gasteiger partial charge in [-0.1, -0.05) is 78.9 Å². The van der Waals surface area contributed by atoms with E-state index in [0.29, 0.717) is 11.1 Å². The van der Waals surface area contributed by atoms with Crippen LogP contribution < -0.4 is 60.2 Å². The summed E-state index contributed by atoms with van der Waals surface area (Å²) in [5.41, 5.74) is 25.0. The summed E-state index contributed by atoms with van der Waals surface area (Å²) in [7, 11) is 0. The number of hydrogen-bond donors (Lipinski definition) is 13. The van der Waals surface area contributed by atoms with Gasteiger partial charge in [-0.3, -0.25) is 48.3 Å². The van der Waals surface area contributed by atoms with Gasteiger partial charge in [0.15, 0.2) is 11.9 Å². The minimum Gasteiger partial charge on any atom is -0.480 e. The van der Waals surface area contributed by atoms with E-state index in [-0.39, 0.29) is 109 Å². The Bertz CT molecular complexity index is 2910. The zero-order valence-electron chi connectivity index (χ0n) is 45.8. The number of nitrogens with zero attached hydrogens (tertiary/aromatic N) is 3. The molecule has 26 nitrogen and oxygen atoms in total. The van der Waals surface area contributed by atoms with Crippen molar-refractivity contribution in [1.82, 2.24) is 47.1 Å². The maximum absolute atomic E-state index is 15.2. The summed E-state index contributed by atoms with van der Waals surface area (Å²) in [5.74, 6) is -8.03. The van der Waals surface area contributed by atoms with Crippen LogP contribution in [0, 0.1) is 0 Å². The van der Waals surface area contributed by atoms with Gasteiger partial charge in [-0.05, 0) is 67.7 Å². The van der Waals surface area contributed by atoms with Crippen LogP contribution in [0.15, 0.2) is 101 Å². The molecule has 0 aliphatic carbocycles. The van der Waals surface area contributed by atoms with Crippen molar-refractivity contribution in [2.75, 3.05) is 26.2 Å². The highest BCUT2D eigenvalue weighted by Crippen LogP contribution is 2.25. The molecule has 0 unspecified atom stereocenters. The highest BCUT2D eigenvalue weighted by atomic mass is 16.5. The fraction of sp³-hybridized carbons (Fsp3) is 0.446. The number of aromatic amines is 1. The number of hydrogen-bond acceptors (Lipinski definition) is 12. The van der Waals surface area contributed by atoms with E-state index in [4.69, 9.17) is 27.7 Å². The first-order valence-electron chi connectivity index (χ1n) is 27.3. The second-order valence-corrected chi connectivity index (χ2v) is 20.3. The van der Waals surface area contributed by atoms with Crippen LogP contribution in [0.5, 0.6) is 0 Å². The van der Waals surface area contributed by atoms with Crippen molar-refractivity contribution >= 4 is 76.0 Å². The van der Waals surface area contributed by atoms with Crippen LogP contribution in [-0.2, 0) is 67.3 Å². The van der Waals surface area contributed by atoms with Crippen molar-refractivity contribution < 1.29 is 53.0 Å². The normalized spacial score (nSPS) is 22.0. The third kappa shape index (κ3) is 19.3. The number of ether oxygens (including phenoxy) is 1. The summed E-state index contributed by atoms with van der Waals surface area (Å²) in [5, 5.41) is 30.0. The number of carboxylic acids is 1. The van der Waals surface area contributed by atoms with E-state index in [0.717, 1.165) is 16.5 Å². The van der Waals surface area contributed by atoms with Crippen molar-refractivity contribution in [3.05, 3.63) is 108 Å². The minimum absolute atomic E-state index is 0.0195. The number of rotatable bonds is 19. The topological polar surface area (TPSA) is 415 Å². The van der Waals surface area contributed by atoms with Gasteiger partial charge in [-0.2, -0.15) is 0 Å². The van der Waals surface area contributed by atoms with E-state index in [1.807, 2.05) is 48.5 Å². The molecule has 2 fully saturated rings. The molecule has 1 aromatic heterocycles. The molecule has 3 aromatic carbocycles. The number of nitrogens with one attached hydrogen (secondary N) is 8. The molecule has 26 heteroatoms. The van der Waals surface area contributed by atoms with Crippen molar-refractivity contribution in [2.24, 2.45) is 32.9 Å². The van der Waals surface area contributed by atoms with Crippen LogP contribution in [0.3, 0.4) is 0 Å². The third-order valence-electron chi connectivity index (χ3n) is 13.9. The van der Waals surface area contributed by atoms with Crippen LogP contribution in [0.4, 0.5) is 0 Å². The van der Waals surface area contributed by atoms with Crippen LogP contribution in [0.2, 0.25) is 0 Å². The van der Waals surface area contributed by atoms with Crippen LogP contribution in [0.1, 0.15) is 81.4 Å². The van der Waals surface area contributed by atoms with E-state index in [2.05, 4.69) is 52.2 Å². The lowest BCUT2D eigenvalue weighted by molar-refractivity contribution is -0.143. The monoisotopic (exact) mass is 1130 g/mol. The molecule has 82 heavy (non-hydrogen) atoms. The summed E-state index contributed by atoms with van der Waals surface area (Å²) in [6.07, 6.45) is 0.494. The summed E-state index contributed by atoms with van der Waals surface area (Å²) in [4.78, 5) is 140. The SMILES string of the molecule is CC(=O)N[C@H](CCCN=C(N)N)C(=O)N[C@@H]1CC(=O)NCCCC[C@H](C(=O)O)NC(=O)[C@@H](Cc2c[nH]c3ccccc23)NC(=O)[C@@H](CCCN=C(N)N)NC(=O)[C@H](Cc2ccccc2)NC(=O)[C@H]2C[C@H](OCc3ccccc3)CN2C1=O. The molecular weight excluding hydrogens is 1060 g/mol. The van der Waals surface area contributed by atoms with Gasteiger partial charge in [0.25, 0.3) is 0 Å². The Labute approximate surface area is 474 Å². The highest BCUT2D eigenvalue weighted by Gasteiger charge is 2.44. The van der Waals surface area contributed by atoms with Crippen LogP contribution in [-0.4, -0.2) is 155 Å². The highest BCUT2D eigenvalue weighted by molar-refractivity contribution is 5.99. The Morgan fingerprint density at radius 3 is 2.04 bits per heavy atom. The van der Waals surface area contributed by atoms with Crippen molar-refractivity contribution in [3.8, 4) is 0 Å². The van der Waals surface area contributed by atoms with Crippen molar-refractivity contribution in [3.63, 3.8) is 0 Å². The van der Waals surface area contributed by atoms with Gasteiger partial charge in [0, 0.05) is 69.5 Å². The number of guanidine groups is 2. The Morgan fingerprint density at radius 2 is 1.35 bits per heavy atom. The molecule has 440 valence electrons. The predicted molar refractivity (Wildman–Crippen MR) is 303 cm³/mol. The number of nitrogens with two attached hydrogens (primary N) is 4. The largest absolute Gasteiger partial charge is 0.480 e. The summed E-state index contributed by atoms with van der Waals surface area (Å²) in [6, 6.07) is 15.2. The molecule has 2 aliphatic heterocycles. The van der Waals surface area contributed by atoms with Crippen LogP contribution in [0.25, 0.3) is 10.9 Å². The number of para-hydroxylation sites is 1. The molecule has 0 bridgehead atoms. The van der Waals surface area contributed by atoms with Gasteiger partial charge in [0.2, 0.25) is 47.3 Å². The summed E-state index contributed by atoms with van der Waals surface area (Å²) in [6.45, 7) is 1.22. The minimum atomic E-state index is -1.64. The molecule has 17 N–H and O–H groups in total. The summed E-state index contributed by atoms with van der Waals surface area (Å²) >= 11 is 0. The fourth-order valence-corrected chi connectivity index (χ4v) is 9.75. The van der Waals surface area contributed by atoms with Crippen molar-refractivity contribution in [1.29, 1.82) is 0 Å². The zero-order valence-corrected chi connectivity index (χ0v) is 45.8. The number of amides is 8. The Kier molecular flexibility index (Phi) is 23.5. The fourth-order valence-electron chi connectivity index (χ4n) is 9.75. The van der Waals surface area contributed by atoms with E-state index in [1.165, 1.54) is 11.8 Å². The molecule has 0 saturated carbocycles. The number of carboxylic acid groups (broad SMARTS) is 1. The van der Waals surface area contributed by atoms with Gasteiger partial charge in [-0.15, -0.1) is 0 Å². The first-order chi connectivity index (χ1) is 39.3. The molecule has 8 amide bonds. The average molecular weight is 1130 g/mol. The lowest BCUT2D eigenvalue weighted by Crippen LogP contribution is -2.60. The Morgan fingerprint density at radius 1 is 0.744 bits per heavy atom. The van der Waals surface area contributed by atoms with Gasteiger partial charge >= 0.3 is 5.97 Å². The number of aromatic nitrogens is 1. The molecular formula is C56H75N15O11. The number of aliphatic carboxylic acids is 1. The number of carbonyl (C=O) groups is 9. The molecule has 4 aromatic rings. The van der Waals surface area contributed by atoms with Gasteiger partial charge < -0.3 is 79.9 Å². The standard InChI is InChI=1S/C56H75N15O11/c1-33(72)65-40(21-12-24-62-55(57)58)48(74)70-45-29-47(73)61-23-11-10-20-42(54(80)81)67-51(77)44(27-36-30-64-39-19-9-8-18-38(36)39)68-49(75)41(22-13-25-63-56(59)60)66-50(76)43(26-34-14-4-2-5-15-34)69-52(78)46-28-37(31-71(46)53(45)79)82-32-35-16-6-3-7-17-35/h2-9,14-19,30,37,40-46,64H,10-13,20-29,31-32H2,1H3,(H,61,73)(H,65,72)(H,66,76)(H,67,77)(H,68,75)(H,69,78)(H,70,74)(H,80,81)(H4,57,58,62)(H4,59,60,63)/t37-,40+,41+,42+,43-,44+,45+,46+/m0/s1. The average Bonchev–Trinajstić information content (AvgIpc) is 4.08. The van der Waals surface area contributed by atoms with Gasteiger partial charge in [0.1, 0.15) is 42.3 Å². The number of H-pyrrole nitrogens is 1. The Balaban J connectivity index is 1.39. The quantitative estimate of drug-likeness (QED) is 0.0303. The lowest BCUT2D eigenvalue weighted by atomic mass is 10.0. The lowest BCUT2D eigenvalue weighted by Gasteiger charge is -2.30. The maximum atomic E-state index is 15.2. The number of aliphatic imine (C=N–C) groups is 2. The molecule has 6 rings (SSSR count). The second-order valence-electron chi connectivity index (χ2n) is 20.3. The van der Waals surface area contributed by atoms with E-state index < -0.39 is 108 Å². The molecule has 2 saturated heterocycles. The first-order valence-corrected chi connectivity index (χ1v) is 27.3. The first kappa shape index (κ1) is 62.1. The van der Waals surface area contributed by atoms with Gasteiger partial charge in [0.05, 0.1) is 19.1 Å². The second kappa shape index (κ2) is 31.1. The summed E-state index contributed by atoms with van der Waals surface area (Å²) < 4.78 is 6.31. The zero-order chi connectivity index (χ0) is 59.1. The number of fused-ring (bicyclic) bond motifs is 2. The van der Waals surface area contributed by atoms with Crippen LogP contribution >= 0.6 is 0 Å². The number of carbonyl (C=O) groups excluding carboxylic acids is 8. The Hall–Kier alpha value is -9.07. The molecule has 2 aliphatic rings. The number of benzene rings is 3. The van der Waals surface area contributed by atoms with E-state index in [1.54, 1.807) is 42.6 Å². The van der Waals surface area contributed by atoms with Crippen molar-refractivity contribution in [2.45, 2.75) is 133 Å². The smallest absolute Gasteiger partial charge is 0.326 e. The molecule has 8 atom stereocenters.